The third kappa shape index (κ3) is 18.5. The molecule has 0 fully saturated rings. The van der Waals surface area contributed by atoms with E-state index in [1.807, 2.05) is 104 Å². The van der Waals surface area contributed by atoms with Gasteiger partial charge >= 0.3 is 0 Å². The number of aromatic nitrogens is 4. The number of hydrogen-bond acceptors (Lipinski definition) is 11. The van der Waals surface area contributed by atoms with E-state index in [9.17, 15) is 33.6 Å². The Morgan fingerprint density at radius 1 is 0.566 bits per heavy atom. The normalized spacial score (nSPS) is 11.2. The summed E-state index contributed by atoms with van der Waals surface area (Å²) < 4.78 is 0. The highest BCUT2D eigenvalue weighted by molar-refractivity contribution is 7.80. The molecule has 0 aliphatic rings. The summed E-state index contributed by atoms with van der Waals surface area (Å²) in [5.74, 6) is -2.66. The SMILES string of the molecule is CCCN(CC(=O)N(CCc1c[nH]c2ccccc12)CC(=O)NCCS)C(=O)CN(CCc1c[nH]c2ccccc12)C(=O)CN(C)C(=O)CN(CCc1c[nH]c2ccccc12)C(=O)CN(Cc1cccnc1)C(=O)CNCCCCC(=N)N. The maximum atomic E-state index is 14.7. The lowest BCUT2D eigenvalue weighted by atomic mass is 10.1. The number of pyridine rings is 1. The van der Waals surface area contributed by atoms with Crippen LogP contribution in [-0.4, -0.2) is 194 Å². The van der Waals surface area contributed by atoms with Gasteiger partial charge in [-0.1, -0.05) is 67.6 Å². The molecule has 7 rings (SSSR count). The Labute approximate surface area is 489 Å². The fourth-order valence-corrected chi connectivity index (χ4v) is 10.0. The minimum atomic E-state index is -0.546. The number of thiol groups is 1. The molecule has 0 aliphatic carbocycles. The van der Waals surface area contributed by atoms with E-state index in [1.54, 1.807) is 18.5 Å². The summed E-state index contributed by atoms with van der Waals surface area (Å²) in [5, 5.41) is 16.4. The number of amides is 7. The number of benzene rings is 3. The number of nitrogens with two attached hydrogens (primary N) is 1. The summed E-state index contributed by atoms with van der Waals surface area (Å²) in [6.07, 6.45) is 12.4. The lowest BCUT2D eigenvalue weighted by Gasteiger charge is -2.31. The molecule has 0 unspecified atom stereocenters. The van der Waals surface area contributed by atoms with Crippen molar-refractivity contribution in [2.75, 3.05) is 97.9 Å². The topological polar surface area (TPSA) is 273 Å². The molecule has 7 amide bonds. The van der Waals surface area contributed by atoms with Crippen molar-refractivity contribution in [2.24, 2.45) is 5.73 Å². The summed E-state index contributed by atoms with van der Waals surface area (Å²) in [4.78, 5) is 122. The average molecular weight is 1150 g/mol. The van der Waals surface area contributed by atoms with Gasteiger partial charge in [0.05, 0.1) is 45.1 Å². The predicted octanol–water partition coefficient (Wildman–Crippen LogP) is 4.51. The number of nitrogens with one attached hydrogen (secondary N) is 6. The van der Waals surface area contributed by atoms with Gasteiger partial charge in [0.2, 0.25) is 41.4 Å². The third-order valence-corrected chi connectivity index (χ3v) is 14.8. The van der Waals surface area contributed by atoms with Crippen molar-refractivity contribution < 1.29 is 33.6 Å². The van der Waals surface area contributed by atoms with Crippen molar-refractivity contribution in [3.8, 4) is 0 Å². The van der Waals surface area contributed by atoms with Crippen LogP contribution in [-0.2, 0) is 59.4 Å². The van der Waals surface area contributed by atoms with Gasteiger partial charge in [-0.05, 0) is 91.6 Å². The predicted molar refractivity (Wildman–Crippen MR) is 325 cm³/mol. The zero-order valence-electron chi connectivity index (χ0n) is 47.5. The molecule has 21 nitrogen and oxygen atoms in total. The monoisotopic (exact) mass is 1150 g/mol. The Hall–Kier alpha value is -8.50. The molecule has 22 heteroatoms. The van der Waals surface area contributed by atoms with E-state index in [0.717, 1.165) is 49.4 Å². The summed E-state index contributed by atoms with van der Waals surface area (Å²) in [5.41, 5.74) is 11.8. The maximum absolute atomic E-state index is 14.7. The number of rotatable bonds is 34. The van der Waals surface area contributed by atoms with Crippen LogP contribution in [0.5, 0.6) is 0 Å². The smallest absolute Gasteiger partial charge is 0.242 e. The number of amidine groups is 1. The number of unbranched alkanes of at least 4 members (excludes halogenated alkanes) is 1. The first-order valence-electron chi connectivity index (χ1n) is 28.3. The minimum absolute atomic E-state index is 0.0563. The Kier molecular flexibility index (Phi) is 23.7. The number of aromatic amines is 3. The molecule has 0 saturated carbocycles. The lowest BCUT2D eigenvalue weighted by molar-refractivity contribution is -0.147. The lowest BCUT2D eigenvalue weighted by Crippen LogP contribution is -2.52. The summed E-state index contributed by atoms with van der Waals surface area (Å²) >= 11 is 4.22. The van der Waals surface area contributed by atoms with Gasteiger partial charge in [0, 0.05) is 122 Å². The third-order valence-electron chi connectivity index (χ3n) is 14.5. The van der Waals surface area contributed by atoms with Gasteiger partial charge in [-0.2, -0.15) is 12.6 Å². The molecule has 440 valence electrons. The molecular weight excluding hydrogens is 1070 g/mol. The van der Waals surface area contributed by atoms with Crippen molar-refractivity contribution >= 4 is 92.5 Å². The number of para-hydroxylation sites is 3. The van der Waals surface area contributed by atoms with Crippen molar-refractivity contribution in [3.63, 3.8) is 0 Å². The Morgan fingerprint density at radius 2 is 1.04 bits per heavy atom. The number of carbonyl (C=O) groups is 7. The largest absolute Gasteiger partial charge is 0.388 e. The van der Waals surface area contributed by atoms with Crippen LogP contribution in [0.2, 0.25) is 0 Å². The van der Waals surface area contributed by atoms with Crippen molar-refractivity contribution in [1.29, 1.82) is 5.41 Å². The number of likely N-dealkylation sites (N-methyl/N-ethyl adjacent to an activating group) is 1. The fraction of sp³-hybridized carbons (Fsp3) is 0.393. The number of H-pyrrole nitrogens is 3. The Morgan fingerprint density at radius 3 is 1.52 bits per heavy atom. The van der Waals surface area contributed by atoms with E-state index >= 15 is 0 Å². The van der Waals surface area contributed by atoms with Crippen LogP contribution in [0, 0.1) is 5.41 Å². The van der Waals surface area contributed by atoms with Crippen LogP contribution in [0.1, 0.15) is 54.9 Å². The first-order chi connectivity index (χ1) is 40.2. The molecule has 0 aliphatic heterocycles. The second-order valence-electron chi connectivity index (χ2n) is 20.7. The molecule has 7 aromatic rings. The first kappa shape index (κ1) is 62.1. The quantitative estimate of drug-likeness (QED) is 0.0121. The van der Waals surface area contributed by atoms with Gasteiger partial charge in [0.15, 0.2) is 0 Å². The van der Waals surface area contributed by atoms with Crippen LogP contribution < -0.4 is 16.4 Å². The minimum Gasteiger partial charge on any atom is -0.388 e. The standard InChI is InChI=1S/C61H78N14O7S/c1-3-27-71(41-60(81)72(38-55(76)66-26-31-83)28-21-45-33-67-51-17-7-4-14-48(45)51)59(80)42-74(30-23-47-35-69-53-19-9-6-16-50(47)53)58(79)39-70(2)57(78)40-73(29-22-46-34-68-52-18-8-5-15-49(46)52)61(82)43-75(37-44-13-12-25-64-32-44)56(77)36-65-24-11-10-20-54(62)63/h4-9,12-19,25,32-35,65,67-69,83H,3,10-11,20-24,26-31,36-43H2,1-2H3,(H3,62,63)(H,66,76). The molecule has 0 spiro atoms. The second kappa shape index (κ2) is 31.6. The summed E-state index contributed by atoms with van der Waals surface area (Å²) in [6, 6.07) is 26.9. The van der Waals surface area contributed by atoms with E-state index < -0.39 is 49.2 Å². The van der Waals surface area contributed by atoms with Gasteiger partial charge in [0.1, 0.15) is 6.54 Å². The molecular formula is C61H78N14O7S. The Balaban J connectivity index is 1.08. The van der Waals surface area contributed by atoms with Gasteiger partial charge in [-0.25, -0.2) is 0 Å². The van der Waals surface area contributed by atoms with Crippen LogP contribution in [0.4, 0.5) is 0 Å². The zero-order valence-corrected chi connectivity index (χ0v) is 48.4. The van der Waals surface area contributed by atoms with Crippen LogP contribution in [0.3, 0.4) is 0 Å². The number of hydrogen-bond donors (Lipinski definition) is 8. The van der Waals surface area contributed by atoms with E-state index in [-0.39, 0.29) is 76.6 Å². The van der Waals surface area contributed by atoms with Gasteiger partial charge in [-0.15, -0.1) is 0 Å². The van der Waals surface area contributed by atoms with Crippen LogP contribution in [0.15, 0.2) is 116 Å². The molecule has 0 radical (unpaired) electrons. The molecule has 8 N–H and O–H groups in total. The van der Waals surface area contributed by atoms with E-state index in [0.29, 0.717) is 69.4 Å². The molecule has 0 atom stereocenters. The molecule has 3 aromatic carbocycles. The first-order valence-corrected chi connectivity index (χ1v) is 28.9. The van der Waals surface area contributed by atoms with Crippen LogP contribution in [0.25, 0.3) is 32.7 Å². The van der Waals surface area contributed by atoms with E-state index in [4.69, 9.17) is 11.1 Å². The molecule has 0 bridgehead atoms. The van der Waals surface area contributed by atoms with Crippen molar-refractivity contribution in [2.45, 2.75) is 58.4 Å². The molecule has 0 saturated heterocycles. The number of carbonyl (C=O) groups excluding carboxylic acids is 7. The highest BCUT2D eigenvalue weighted by Crippen LogP contribution is 2.22. The summed E-state index contributed by atoms with van der Waals surface area (Å²) in [7, 11) is 1.47. The van der Waals surface area contributed by atoms with Gasteiger partial charge in [0.25, 0.3) is 0 Å². The zero-order chi connectivity index (χ0) is 59.1. The van der Waals surface area contributed by atoms with Crippen molar-refractivity contribution in [1.82, 2.24) is 60.0 Å². The van der Waals surface area contributed by atoms with Crippen LogP contribution >= 0.6 is 12.6 Å². The van der Waals surface area contributed by atoms with Crippen molar-refractivity contribution in [3.05, 3.63) is 138 Å². The highest BCUT2D eigenvalue weighted by Gasteiger charge is 2.29. The second-order valence-corrected chi connectivity index (χ2v) is 21.1. The molecule has 4 heterocycles. The fourth-order valence-electron chi connectivity index (χ4n) is 9.93. The maximum Gasteiger partial charge on any atom is 0.242 e. The average Bonchev–Trinajstić information content (AvgIpc) is 4.47. The number of fused-ring (bicyclic) bond motifs is 3. The molecule has 4 aromatic heterocycles. The van der Waals surface area contributed by atoms with E-state index in [2.05, 4.69) is 43.2 Å². The van der Waals surface area contributed by atoms with E-state index in [1.165, 1.54) is 36.4 Å². The summed E-state index contributed by atoms with van der Waals surface area (Å²) in [6.45, 7) is 1.14. The number of nitrogens with zero attached hydrogens (tertiary/aromatic N) is 7. The Bertz CT molecular complexity index is 3310. The van der Waals surface area contributed by atoms with Gasteiger partial charge < -0.3 is 60.7 Å². The van der Waals surface area contributed by atoms with Gasteiger partial charge in [-0.3, -0.25) is 44.0 Å². The molecule has 83 heavy (non-hydrogen) atoms. The highest BCUT2D eigenvalue weighted by atomic mass is 32.1.